The van der Waals surface area contributed by atoms with Gasteiger partial charge >= 0.3 is 6.09 Å². The van der Waals surface area contributed by atoms with E-state index in [4.69, 9.17) is 4.74 Å². The summed E-state index contributed by atoms with van der Waals surface area (Å²) in [6.45, 7) is 6.73. The predicted octanol–water partition coefficient (Wildman–Crippen LogP) is 1.32. The number of nitrogens with zero attached hydrogens (tertiary/aromatic N) is 1. The highest BCUT2D eigenvalue weighted by atomic mass is 16.6. The summed E-state index contributed by atoms with van der Waals surface area (Å²) in [7, 11) is 5.22. The lowest BCUT2D eigenvalue weighted by Gasteiger charge is -2.30. The first-order valence-corrected chi connectivity index (χ1v) is 4.80. The molecule has 0 radical (unpaired) electrons. The molecule has 0 aromatic heterocycles. The number of nitrogens with one attached hydrogen (secondary N) is 1. The molecule has 0 aliphatic heterocycles. The van der Waals surface area contributed by atoms with E-state index in [1.54, 1.807) is 14.1 Å². The normalized spacial score (nSPS) is 13.6. The maximum atomic E-state index is 11.2. The molecule has 14 heavy (non-hydrogen) atoms. The quantitative estimate of drug-likeness (QED) is 0.750. The van der Waals surface area contributed by atoms with Crippen molar-refractivity contribution < 1.29 is 9.53 Å². The van der Waals surface area contributed by atoms with Crippen LogP contribution in [0, 0.1) is 5.41 Å². The van der Waals surface area contributed by atoms with E-state index in [0.29, 0.717) is 6.61 Å². The first kappa shape index (κ1) is 13.2. The Morgan fingerprint density at radius 1 is 1.43 bits per heavy atom. The van der Waals surface area contributed by atoms with Gasteiger partial charge in [-0.05, 0) is 12.5 Å². The lowest BCUT2D eigenvalue weighted by Crippen LogP contribution is -2.43. The van der Waals surface area contributed by atoms with Crippen molar-refractivity contribution in [3.8, 4) is 0 Å². The maximum Gasteiger partial charge on any atom is 0.409 e. The van der Waals surface area contributed by atoms with Crippen molar-refractivity contribution in [2.24, 2.45) is 5.41 Å². The van der Waals surface area contributed by atoms with Gasteiger partial charge in [0, 0.05) is 20.1 Å². The maximum absolute atomic E-state index is 11.2. The lowest BCUT2D eigenvalue weighted by atomic mass is 9.87. The molecule has 0 rings (SSSR count). The molecule has 0 aliphatic rings. The van der Waals surface area contributed by atoms with Crippen molar-refractivity contribution in [1.29, 1.82) is 0 Å². The van der Waals surface area contributed by atoms with Crippen LogP contribution in [-0.4, -0.2) is 44.8 Å². The molecule has 0 spiro atoms. The minimum atomic E-state index is -0.297. The highest BCUT2D eigenvalue weighted by molar-refractivity contribution is 5.66. The summed E-state index contributed by atoms with van der Waals surface area (Å²) in [6, 6.07) is 0.173. The first-order chi connectivity index (χ1) is 6.29. The van der Waals surface area contributed by atoms with Crippen molar-refractivity contribution in [3.63, 3.8) is 0 Å². The van der Waals surface area contributed by atoms with Gasteiger partial charge < -0.3 is 15.0 Å². The van der Waals surface area contributed by atoms with Gasteiger partial charge in [0.2, 0.25) is 0 Å². The molecular formula is C10H22N2O2. The fourth-order valence-corrected chi connectivity index (χ4v) is 1.05. The third-order valence-corrected chi connectivity index (χ3v) is 2.13. The molecule has 0 saturated heterocycles. The minimum Gasteiger partial charge on any atom is -0.448 e. The van der Waals surface area contributed by atoms with Crippen molar-refractivity contribution in [1.82, 2.24) is 10.2 Å². The number of ether oxygens (including phenoxy) is 1. The molecule has 0 saturated carbocycles. The third kappa shape index (κ3) is 4.46. The smallest absolute Gasteiger partial charge is 0.409 e. The van der Waals surface area contributed by atoms with E-state index in [0.717, 1.165) is 0 Å². The summed E-state index contributed by atoms with van der Waals surface area (Å²) >= 11 is 0. The molecule has 0 aromatic rings. The molecule has 0 bridgehead atoms. The Labute approximate surface area is 86.6 Å². The Morgan fingerprint density at radius 3 is 2.21 bits per heavy atom. The summed E-state index contributed by atoms with van der Waals surface area (Å²) in [5.41, 5.74) is 0.0847. The second-order valence-electron chi connectivity index (χ2n) is 4.68. The average Bonchev–Trinajstić information content (AvgIpc) is 2.02. The monoisotopic (exact) mass is 202 g/mol. The number of carbonyl (C=O) groups excluding carboxylic acids is 1. The van der Waals surface area contributed by atoms with Crippen LogP contribution in [0.5, 0.6) is 0 Å². The van der Waals surface area contributed by atoms with Gasteiger partial charge in [0.05, 0.1) is 0 Å². The third-order valence-electron chi connectivity index (χ3n) is 2.13. The molecule has 0 heterocycles. The fourth-order valence-electron chi connectivity index (χ4n) is 1.05. The van der Waals surface area contributed by atoms with E-state index < -0.39 is 0 Å². The van der Waals surface area contributed by atoms with Gasteiger partial charge in [0.15, 0.2) is 0 Å². The molecule has 1 amide bonds. The van der Waals surface area contributed by atoms with Gasteiger partial charge in [-0.15, -0.1) is 0 Å². The minimum absolute atomic E-state index is 0.0847. The van der Waals surface area contributed by atoms with Crippen LogP contribution in [0.2, 0.25) is 0 Å². The Morgan fingerprint density at radius 2 is 1.93 bits per heavy atom. The largest absolute Gasteiger partial charge is 0.448 e. The number of carbonyl (C=O) groups is 1. The zero-order chi connectivity index (χ0) is 11.4. The van der Waals surface area contributed by atoms with Crippen molar-refractivity contribution in [3.05, 3.63) is 0 Å². The molecule has 1 atom stereocenters. The summed E-state index contributed by atoms with van der Waals surface area (Å²) in [4.78, 5) is 12.6. The van der Waals surface area contributed by atoms with Crippen LogP contribution in [0.25, 0.3) is 0 Å². The van der Waals surface area contributed by atoms with E-state index in [1.807, 2.05) is 7.05 Å². The zero-order valence-corrected chi connectivity index (χ0v) is 10.0. The van der Waals surface area contributed by atoms with Gasteiger partial charge in [0.25, 0.3) is 0 Å². The Hall–Kier alpha value is -0.770. The zero-order valence-electron chi connectivity index (χ0n) is 10.0. The van der Waals surface area contributed by atoms with E-state index in [2.05, 4.69) is 26.1 Å². The number of hydrogen-bond donors (Lipinski definition) is 1. The average molecular weight is 202 g/mol. The standard InChI is InChI=1S/C10H22N2O2/c1-10(2,3)8(11-4)7-14-9(13)12(5)6/h8,11H,7H2,1-6H3/t8-/m1/s1. The Balaban J connectivity index is 4.04. The molecule has 1 N–H and O–H groups in total. The molecule has 4 nitrogen and oxygen atoms in total. The van der Waals surface area contributed by atoms with E-state index in [9.17, 15) is 4.79 Å². The molecule has 0 fully saturated rings. The number of rotatable bonds is 3. The second kappa shape index (κ2) is 5.20. The van der Waals surface area contributed by atoms with Crippen molar-refractivity contribution in [2.45, 2.75) is 26.8 Å². The highest BCUT2D eigenvalue weighted by Gasteiger charge is 2.24. The predicted molar refractivity (Wildman–Crippen MR) is 57.3 cm³/mol. The molecule has 4 heteroatoms. The molecule has 0 aliphatic carbocycles. The molecular weight excluding hydrogens is 180 g/mol. The van der Waals surface area contributed by atoms with Crippen LogP contribution in [0.3, 0.4) is 0 Å². The van der Waals surface area contributed by atoms with Crippen LogP contribution in [0.1, 0.15) is 20.8 Å². The Bertz CT molecular complexity index is 185. The number of hydrogen-bond acceptors (Lipinski definition) is 3. The van der Waals surface area contributed by atoms with E-state index in [-0.39, 0.29) is 17.6 Å². The van der Waals surface area contributed by atoms with Gasteiger partial charge in [-0.3, -0.25) is 0 Å². The highest BCUT2D eigenvalue weighted by Crippen LogP contribution is 2.19. The molecule has 0 unspecified atom stereocenters. The van der Waals surface area contributed by atoms with Crippen LogP contribution in [-0.2, 0) is 4.74 Å². The summed E-state index contributed by atoms with van der Waals surface area (Å²) in [5, 5.41) is 3.14. The van der Waals surface area contributed by atoms with Crippen LogP contribution in [0.15, 0.2) is 0 Å². The fraction of sp³-hybridized carbons (Fsp3) is 0.900. The number of amides is 1. The lowest BCUT2D eigenvalue weighted by molar-refractivity contribution is 0.0886. The van der Waals surface area contributed by atoms with Crippen LogP contribution >= 0.6 is 0 Å². The summed E-state index contributed by atoms with van der Waals surface area (Å²) < 4.78 is 5.11. The van der Waals surface area contributed by atoms with Crippen molar-refractivity contribution in [2.75, 3.05) is 27.7 Å². The summed E-state index contributed by atoms with van der Waals surface area (Å²) in [5.74, 6) is 0. The number of likely N-dealkylation sites (N-methyl/N-ethyl adjacent to an activating group) is 1. The summed E-state index contributed by atoms with van der Waals surface area (Å²) in [6.07, 6.45) is -0.297. The van der Waals surface area contributed by atoms with Crippen LogP contribution < -0.4 is 5.32 Å². The second-order valence-corrected chi connectivity index (χ2v) is 4.68. The van der Waals surface area contributed by atoms with E-state index >= 15 is 0 Å². The van der Waals surface area contributed by atoms with Crippen molar-refractivity contribution >= 4 is 6.09 Å². The first-order valence-electron chi connectivity index (χ1n) is 4.80. The van der Waals surface area contributed by atoms with Gasteiger partial charge in [0.1, 0.15) is 6.61 Å². The van der Waals surface area contributed by atoms with Gasteiger partial charge in [-0.2, -0.15) is 0 Å². The van der Waals surface area contributed by atoms with Gasteiger partial charge in [-0.1, -0.05) is 20.8 Å². The topological polar surface area (TPSA) is 41.6 Å². The molecule has 84 valence electrons. The van der Waals surface area contributed by atoms with E-state index in [1.165, 1.54) is 4.90 Å². The molecule has 0 aromatic carbocycles. The van der Waals surface area contributed by atoms with Crippen LogP contribution in [0.4, 0.5) is 4.79 Å². The van der Waals surface area contributed by atoms with Gasteiger partial charge in [-0.25, -0.2) is 4.79 Å². The SMILES string of the molecule is CN[C@H](COC(=O)N(C)C)C(C)(C)C. The Kier molecular flexibility index (Phi) is 4.91.